The highest BCUT2D eigenvalue weighted by Gasteiger charge is 2.15. The number of aliphatic carboxylic acids is 6. The van der Waals surface area contributed by atoms with Gasteiger partial charge in [0.2, 0.25) is 0 Å². The number of carboxylic acid groups (broad SMARTS) is 6. The Kier molecular flexibility index (Phi) is 35.9. The average molecular weight is 645 g/mol. The van der Waals surface area contributed by atoms with Gasteiger partial charge in [0.25, 0.3) is 0 Å². The van der Waals surface area contributed by atoms with E-state index < -0.39 is 66.6 Å². The summed E-state index contributed by atoms with van der Waals surface area (Å²) in [5, 5.41) is 56.2. The maximum Gasteiger partial charge on any atom is 0.351 e. The first-order valence-corrected chi connectivity index (χ1v) is 12.5. The quantitative estimate of drug-likeness (QED) is 0.108. The topological polar surface area (TPSA) is 400 Å². The van der Waals surface area contributed by atoms with Crippen molar-refractivity contribution in [3.8, 4) is 0 Å². The van der Waals surface area contributed by atoms with Crippen LogP contribution in [-0.2, 0) is 28.8 Å². The van der Waals surface area contributed by atoms with E-state index >= 15 is 0 Å². The van der Waals surface area contributed by atoms with E-state index in [1.54, 1.807) is 27.7 Å². The molecular formula is C25H52N6O13. The molecule has 0 aliphatic rings. The number of hydrogen-bond acceptors (Lipinski definition) is 13. The van der Waals surface area contributed by atoms with E-state index in [0.717, 1.165) is 0 Å². The first-order chi connectivity index (χ1) is 19.6. The van der Waals surface area contributed by atoms with E-state index in [9.17, 15) is 28.8 Å². The second-order valence-electron chi connectivity index (χ2n) is 9.58. The lowest BCUT2D eigenvalue weighted by atomic mass is 10.1. The second kappa shape index (κ2) is 30.2. The van der Waals surface area contributed by atoms with Crippen LogP contribution >= 0.6 is 0 Å². The number of nitrogens with two attached hydrogens (primary N) is 6. The van der Waals surface area contributed by atoms with E-state index in [4.69, 9.17) is 58.7 Å². The van der Waals surface area contributed by atoms with Gasteiger partial charge in [-0.1, -0.05) is 54.7 Å². The van der Waals surface area contributed by atoms with Crippen molar-refractivity contribution in [2.45, 2.75) is 72.1 Å². The Morgan fingerprint density at radius 2 is 0.773 bits per heavy atom. The van der Waals surface area contributed by atoms with Crippen LogP contribution in [-0.4, -0.2) is 102 Å². The van der Waals surface area contributed by atoms with Gasteiger partial charge >= 0.3 is 35.8 Å². The highest BCUT2D eigenvalue weighted by atomic mass is 16.4. The maximum atomic E-state index is 10.1. The molecule has 0 aliphatic carbocycles. The van der Waals surface area contributed by atoms with E-state index in [1.165, 1.54) is 0 Å². The van der Waals surface area contributed by atoms with Crippen LogP contribution in [0.25, 0.3) is 0 Å². The minimum Gasteiger partial charge on any atom is -0.480 e. The van der Waals surface area contributed by atoms with Crippen LogP contribution in [0.15, 0.2) is 24.6 Å². The Morgan fingerprint density at radius 3 is 0.795 bits per heavy atom. The van der Waals surface area contributed by atoms with Crippen molar-refractivity contribution in [1.29, 1.82) is 0 Å². The summed E-state index contributed by atoms with van der Waals surface area (Å²) in [5.74, 6) is -5.87. The summed E-state index contributed by atoms with van der Waals surface area (Å²) in [5.41, 5.74) is 28.9. The highest BCUT2D eigenvalue weighted by Crippen LogP contribution is 2.01. The van der Waals surface area contributed by atoms with Gasteiger partial charge in [-0.3, -0.25) is 19.2 Å². The molecule has 0 rings (SSSR count). The standard InChI is InChI=1S/C6H13NO2.2C5H11NO2.C3H7NO3.2C3H5NO2/c1-4(2)3-5(7)6(8)9;2*1-3(2)4(6)5(7)8;4-2(1-5)3(6)7;2*1-2(4)3(5)6/h4-5H,3,7H2,1-2H3,(H,8,9);2*3-4H,6H2,1-2H3,(H,7,8);2,5H,1,4H2,(H,6,7);2*1,4H2,(H,5,6)/t5-;2*4-;2-;;/m0000../s1. The molecule has 0 saturated carbocycles. The summed E-state index contributed by atoms with van der Waals surface area (Å²) in [4.78, 5) is 58.7. The molecule has 0 aromatic heterocycles. The molecule has 0 radical (unpaired) electrons. The number of aliphatic hydroxyl groups excluding tert-OH is 1. The van der Waals surface area contributed by atoms with Crippen LogP contribution in [0, 0.1) is 17.8 Å². The molecule has 0 fully saturated rings. The number of hydrogen-bond donors (Lipinski definition) is 13. The Morgan fingerprint density at radius 1 is 0.545 bits per heavy atom. The zero-order chi connectivity index (χ0) is 37.1. The molecule has 44 heavy (non-hydrogen) atoms. The third kappa shape index (κ3) is 44.7. The molecule has 260 valence electrons. The second-order valence-corrected chi connectivity index (χ2v) is 9.58. The third-order valence-corrected chi connectivity index (χ3v) is 4.11. The van der Waals surface area contributed by atoms with Gasteiger partial charge in [0.05, 0.1) is 6.61 Å². The minimum atomic E-state index is -1.18. The maximum absolute atomic E-state index is 10.1. The molecule has 0 amide bonds. The van der Waals surface area contributed by atoms with Gasteiger partial charge in [0.1, 0.15) is 35.6 Å². The first kappa shape index (κ1) is 52.4. The normalized spacial score (nSPS) is 12.0. The first-order valence-electron chi connectivity index (χ1n) is 12.5. The highest BCUT2D eigenvalue weighted by molar-refractivity contribution is 5.84. The van der Waals surface area contributed by atoms with Gasteiger partial charge in [-0.05, 0) is 24.2 Å². The molecule has 0 heterocycles. The fourth-order valence-corrected chi connectivity index (χ4v) is 1.26. The summed E-state index contributed by atoms with van der Waals surface area (Å²) in [6, 6.07) is -3.24. The summed E-state index contributed by atoms with van der Waals surface area (Å²) < 4.78 is 0. The third-order valence-electron chi connectivity index (χ3n) is 4.11. The lowest BCUT2D eigenvalue weighted by Crippen LogP contribution is -2.34. The monoisotopic (exact) mass is 644 g/mol. The fourth-order valence-electron chi connectivity index (χ4n) is 1.26. The molecule has 0 saturated heterocycles. The molecule has 19 nitrogen and oxygen atoms in total. The average Bonchev–Trinajstić information content (AvgIpc) is 2.88. The van der Waals surface area contributed by atoms with Crippen molar-refractivity contribution < 1.29 is 64.5 Å². The Labute approximate surface area is 256 Å². The number of rotatable bonds is 11. The van der Waals surface area contributed by atoms with Crippen molar-refractivity contribution in [2.24, 2.45) is 52.2 Å². The van der Waals surface area contributed by atoms with Crippen LogP contribution in [0.2, 0.25) is 0 Å². The van der Waals surface area contributed by atoms with Crippen molar-refractivity contribution in [1.82, 2.24) is 0 Å². The number of carboxylic acids is 6. The van der Waals surface area contributed by atoms with E-state index in [1.807, 2.05) is 13.8 Å². The summed E-state index contributed by atoms with van der Waals surface area (Å²) >= 11 is 0. The molecule has 0 bridgehead atoms. The van der Waals surface area contributed by atoms with E-state index in [0.29, 0.717) is 12.3 Å². The van der Waals surface area contributed by atoms with Crippen molar-refractivity contribution in [2.75, 3.05) is 6.61 Å². The molecule has 4 atom stereocenters. The van der Waals surface area contributed by atoms with Gasteiger partial charge in [0, 0.05) is 0 Å². The lowest BCUT2D eigenvalue weighted by molar-refractivity contribution is -0.140. The van der Waals surface area contributed by atoms with Crippen LogP contribution in [0.1, 0.15) is 48.0 Å². The predicted molar refractivity (Wildman–Crippen MR) is 161 cm³/mol. The molecule has 0 aromatic carbocycles. The van der Waals surface area contributed by atoms with Gasteiger partial charge in [-0.25, -0.2) is 9.59 Å². The molecule has 19 N–H and O–H groups in total. The number of aliphatic hydroxyl groups is 1. The van der Waals surface area contributed by atoms with Gasteiger partial charge in [-0.15, -0.1) is 0 Å². The van der Waals surface area contributed by atoms with Crippen LogP contribution in [0.5, 0.6) is 0 Å². The molecule has 0 spiro atoms. The predicted octanol–water partition coefficient (Wildman–Crippen LogP) is -1.97. The fraction of sp³-hybridized carbons (Fsp3) is 0.600. The van der Waals surface area contributed by atoms with Crippen LogP contribution in [0.3, 0.4) is 0 Å². The van der Waals surface area contributed by atoms with E-state index in [-0.39, 0.29) is 23.2 Å². The van der Waals surface area contributed by atoms with Crippen molar-refractivity contribution >= 4 is 35.8 Å². The lowest BCUT2D eigenvalue weighted by Gasteiger charge is -2.07. The smallest absolute Gasteiger partial charge is 0.351 e. The molecule has 0 aliphatic heterocycles. The van der Waals surface area contributed by atoms with Gasteiger partial charge in [0.15, 0.2) is 0 Å². The Balaban J connectivity index is -0.0000000991. The van der Waals surface area contributed by atoms with E-state index in [2.05, 4.69) is 24.6 Å². The Bertz CT molecular complexity index is 824. The number of carbonyl (C=O) groups is 6. The molecule has 0 unspecified atom stereocenters. The zero-order valence-electron chi connectivity index (χ0n) is 25.9. The molecule has 0 aromatic rings. The molecule has 19 heteroatoms. The van der Waals surface area contributed by atoms with Crippen LogP contribution < -0.4 is 34.4 Å². The molecular weight excluding hydrogens is 592 g/mol. The summed E-state index contributed by atoms with van der Waals surface area (Å²) in [6.07, 6.45) is 0.551. The Hall–Kier alpha value is -4.30. The summed E-state index contributed by atoms with van der Waals surface area (Å²) in [7, 11) is 0. The minimum absolute atomic E-state index is 0.0208. The largest absolute Gasteiger partial charge is 0.480 e. The van der Waals surface area contributed by atoms with Gasteiger partial charge < -0.3 is 70.1 Å². The zero-order valence-corrected chi connectivity index (χ0v) is 25.9. The SMILES string of the molecule is C=C(N)C(=O)O.C=C(N)C(=O)O.CC(C)C[C@H](N)C(=O)O.CC(C)[C@H](N)C(=O)O.CC(C)[C@H](N)C(=O)O.N[C@@H](CO)C(=O)O. The van der Waals surface area contributed by atoms with Crippen molar-refractivity contribution in [3.05, 3.63) is 24.6 Å². The van der Waals surface area contributed by atoms with Crippen LogP contribution in [0.4, 0.5) is 0 Å². The van der Waals surface area contributed by atoms with Crippen molar-refractivity contribution in [3.63, 3.8) is 0 Å². The van der Waals surface area contributed by atoms with Gasteiger partial charge in [-0.2, -0.15) is 0 Å². The summed E-state index contributed by atoms with van der Waals surface area (Å²) in [6.45, 7) is 16.4.